The number of benzene rings is 1. The van der Waals surface area contributed by atoms with Gasteiger partial charge in [-0.1, -0.05) is 24.3 Å². The maximum atomic E-state index is 12.3. The van der Waals surface area contributed by atoms with E-state index in [2.05, 4.69) is 4.98 Å². The Morgan fingerprint density at radius 1 is 1.24 bits per heavy atom. The number of Topliss-reactive ketones (excluding diaryl/α,β-unsaturated/α-hetero) is 1. The number of rotatable bonds is 7. The highest BCUT2D eigenvalue weighted by atomic mass is 16.5. The SMILES string of the molecule is NC(CCOc1ccncc1)C(=O)c1ccccc1CO. The summed E-state index contributed by atoms with van der Waals surface area (Å²) in [5, 5.41) is 9.25. The first-order valence-electron chi connectivity index (χ1n) is 6.73. The Hall–Kier alpha value is -2.24. The molecule has 5 heteroatoms. The molecule has 3 N–H and O–H groups in total. The normalized spacial score (nSPS) is 11.9. The van der Waals surface area contributed by atoms with Gasteiger partial charge in [0.05, 0.1) is 19.3 Å². The number of carbonyl (C=O) groups is 1. The summed E-state index contributed by atoms with van der Waals surface area (Å²) >= 11 is 0. The second-order valence-corrected chi connectivity index (χ2v) is 4.61. The zero-order chi connectivity index (χ0) is 15.1. The minimum absolute atomic E-state index is 0.178. The van der Waals surface area contributed by atoms with E-state index in [0.29, 0.717) is 29.9 Å². The molecule has 0 aliphatic heterocycles. The molecule has 1 aromatic carbocycles. The Balaban J connectivity index is 1.91. The molecule has 1 heterocycles. The van der Waals surface area contributed by atoms with Gasteiger partial charge in [0.1, 0.15) is 5.75 Å². The average Bonchev–Trinajstić information content (AvgIpc) is 2.55. The minimum Gasteiger partial charge on any atom is -0.493 e. The van der Waals surface area contributed by atoms with Gasteiger partial charge < -0.3 is 15.6 Å². The molecule has 5 nitrogen and oxygen atoms in total. The molecule has 0 radical (unpaired) electrons. The molecular formula is C16H18N2O3. The number of carbonyl (C=O) groups excluding carboxylic acids is 1. The molecule has 0 spiro atoms. The summed E-state index contributed by atoms with van der Waals surface area (Å²) in [6.45, 7) is 0.167. The third-order valence-corrected chi connectivity index (χ3v) is 3.14. The molecule has 0 amide bonds. The number of pyridine rings is 1. The predicted molar refractivity (Wildman–Crippen MR) is 79.0 cm³/mol. The maximum Gasteiger partial charge on any atom is 0.180 e. The molecule has 0 saturated carbocycles. The summed E-state index contributed by atoms with van der Waals surface area (Å²) in [6.07, 6.45) is 3.68. The zero-order valence-corrected chi connectivity index (χ0v) is 11.6. The lowest BCUT2D eigenvalue weighted by Gasteiger charge is -2.13. The van der Waals surface area contributed by atoms with Crippen molar-refractivity contribution in [3.8, 4) is 5.75 Å². The van der Waals surface area contributed by atoms with Crippen LogP contribution in [0.15, 0.2) is 48.8 Å². The number of nitrogens with two attached hydrogens (primary N) is 1. The van der Waals surface area contributed by atoms with Crippen LogP contribution in [0, 0.1) is 0 Å². The summed E-state index contributed by atoms with van der Waals surface area (Å²) in [5.41, 5.74) is 6.97. The molecule has 1 unspecified atom stereocenters. The monoisotopic (exact) mass is 286 g/mol. The highest BCUT2D eigenvalue weighted by molar-refractivity contribution is 6.01. The first-order chi connectivity index (χ1) is 10.2. The van der Waals surface area contributed by atoms with Gasteiger partial charge >= 0.3 is 0 Å². The van der Waals surface area contributed by atoms with Crippen LogP contribution < -0.4 is 10.5 Å². The van der Waals surface area contributed by atoms with E-state index in [1.54, 1.807) is 48.8 Å². The number of ketones is 1. The minimum atomic E-state index is -0.653. The number of aromatic nitrogens is 1. The Morgan fingerprint density at radius 3 is 2.67 bits per heavy atom. The van der Waals surface area contributed by atoms with Crippen LogP contribution in [0.4, 0.5) is 0 Å². The van der Waals surface area contributed by atoms with E-state index in [4.69, 9.17) is 10.5 Å². The van der Waals surface area contributed by atoms with Gasteiger partial charge in [-0.25, -0.2) is 0 Å². The molecule has 110 valence electrons. The lowest BCUT2D eigenvalue weighted by molar-refractivity contribution is 0.0945. The van der Waals surface area contributed by atoms with E-state index in [1.165, 1.54) is 0 Å². The Morgan fingerprint density at radius 2 is 1.95 bits per heavy atom. The number of aliphatic hydroxyl groups excluding tert-OH is 1. The maximum absolute atomic E-state index is 12.3. The topological polar surface area (TPSA) is 85.4 Å². The summed E-state index contributed by atoms with van der Waals surface area (Å²) in [6, 6.07) is 9.76. The second kappa shape index (κ2) is 7.52. The van der Waals surface area contributed by atoms with Gasteiger partial charge in [0.15, 0.2) is 5.78 Å². The molecule has 0 aliphatic carbocycles. The van der Waals surface area contributed by atoms with Crippen LogP contribution in [0.25, 0.3) is 0 Å². The van der Waals surface area contributed by atoms with Crippen LogP contribution in [0.5, 0.6) is 5.75 Å². The van der Waals surface area contributed by atoms with Gasteiger partial charge in [-0.3, -0.25) is 9.78 Å². The van der Waals surface area contributed by atoms with Crippen molar-refractivity contribution < 1.29 is 14.6 Å². The van der Waals surface area contributed by atoms with Crippen LogP contribution in [0.3, 0.4) is 0 Å². The van der Waals surface area contributed by atoms with Gasteiger partial charge in [0.25, 0.3) is 0 Å². The molecule has 2 rings (SSSR count). The fraction of sp³-hybridized carbons (Fsp3) is 0.250. The van der Waals surface area contributed by atoms with Crippen LogP contribution in [-0.4, -0.2) is 28.5 Å². The summed E-state index contributed by atoms with van der Waals surface area (Å²) in [4.78, 5) is 16.2. The Kier molecular flexibility index (Phi) is 5.43. The van der Waals surface area contributed by atoms with Crippen molar-refractivity contribution in [2.45, 2.75) is 19.1 Å². The van der Waals surface area contributed by atoms with E-state index in [9.17, 15) is 9.90 Å². The van der Waals surface area contributed by atoms with Crippen molar-refractivity contribution in [2.24, 2.45) is 5.73 Å². The standard InChI is InChI=1S/C16H18N2O3/c17-15(7-10-21-13-5-8-18-9-6-13)16(20)14-4-2-1-3-12(14)11-19/h1-6,8-9,15,19H,7,10-11,17H2. The fourth-order valence-corrected chi connectivity index (χ4v) is 1.97. The van der Waals surface area contributed by atoms with E-state index in [0.717, 1.165) is 0 Å². The van der Waals surface area contributed by atoms with E-state index in [1.807, 2.05) is 0 Å². The number of hydrogen-bond donors (Lipinski definition) is 2. The van der Waals surface area contributed by atoms with Crippen molar-refractivity contribution in [1.29, 1.82) is 0 Å². The van der Waals surface area contributed by atoms with Gasteiger partial charge in [-0.15, -0.1) is 0 Å². The lowest BCUT2D eigenvalue weighted by atomic mass is 9.98. The first kappa shape index (κ1) is 15.2. The lowest BCUT2D eigenvalue weighted by Crippen LogP contribution is -2.32. The molecule has 0 fully saturated rings. The summed E-state index contributed by atoms with van der Waals surface area (Å²) in [7, 11) is 0. The summed E-state index contributed by atoms with van der Waals surface area (Å²) < 4.78 is 5.50. The smallest absolute Gasteiger partial charge is 0.180 e. The van der Waals surface area contributed by atoms with Crippen LogP contribution in [0.1, 0.15) is 22.3 Å². The number of nitrogens with zero attached hydrogens (tertiary/aromatic N) is 1. The number of hydrogen-bond acceptors (Lipinski definition) is 5. The highest BCUT2D eigenvalue weighted by Gasteiger charge is 2.18. The average molecular weight is 286 g/mol. The second-order valence-electron chi connectivity index (χ2n) is 4.61. The highest BCUT2D eigenvalue weighted by Crippen LogP contribution is 2.13. The van der Waals surface area contributed by atoms with E-state index < -0.39 is 6.04 Å². The van der Waals surface area contributed by atoms with Crippen molar-refractivity contribution in [1.82, 2.24) is 4.98 Å². The summed E-state index contributed by atoms with van der Waals surface area (Å²) in [5.74, 6) is 0.512. The predicted octanol–water partition coefficient (Wildman–Crippen LogP) is 1.55. The number of ether oxygens (including phenoxy) is 1. The molecule has 0 saturated heterocycles. The zero-order valence-electron chi connectivity index (χ0n) is 11.6. The molecule has 1 aromatic heterocycles. The van der Waals surface area contributed by atoms with Gasteiger partial charge in [0.2, 0.25) is 0 Å². The molecule has 0 bridgehead atoms. The fourth-order valence-electron chi connectivity index (χ4n) is 1.97. The van der Waals surface area contributed by atoms with E-state index in [-0.39, 0.29) is 12.4 Å². The Bertz CT molecular complexity index is 587. The Labute approximate surface area is 123 Å². The molecule has 21 heavy (non-hydrogen) atoms. The van der Waals surface area contributed by atoms with Crippen LogP contribution >= 0.6 is 0 Å². The number of aliphatic hydroxyl groups is 1. The largest absolute Gasteiger partial charge is 0.493 e. The van der Waals surface area contributed by atoms with Gasteiger partial charge in [-0.2, -0.15) is 0 Å². The van der Waals surface area contributed by atoms with Gasteiger partial charge in [0, 0.05) is 24.4 Å². The third-order valence-electron chi connectivity index (χ3n) is 3.14. The molecule has 0 aliphatic rings. The van der Waals surface area contributed by atoms with Crippen LogP contribution in [-0.2, 0) is 6.61 Å². The van der Waals surface area contributed by atoms with Crippen molar-refractivity contribution in [2.75, 3.05) is 6.61 Å². The van der Waals surface area contributed by atoms with Crippen molar-refractivity contribution in [3.63, 3.8) is 0 Å². The molecule has 2 aromatic rings. The van der Waals surface area contributed by atoms with E-state index >= 15 is 0 Å². The molecule has 1 atom stereocenters. The first-order valence-corrected chi connectivity index (χ1v) is 6.73. The van der Waals surface area contributed by atoms with Crippen molar-refractivity contribution in [3.05, 3.63) is 59.9 Å². The third kappa shape index (κ3) is 4.11. The quantitative estimate of drug-likeness (QED) is 0.754. The molecular weight excluding hydrogens is 268 g/mol. The van der Waals surface area contributed by atoms with Crippen molar-refractivity contribution >= 4 is 5.78 Å². The van der Waals surface area contributed by atoms with Crippen LogP contribution in [0.2, 0.25) is 0 Å². The van der Waals surface area contributed by atoms with Gasteiger partial charge in [-0.05, 0) is 17.7 Å².